The zero-order valence-electron chi connectivity index (χ0n) is 16.7. The minimum Gasteiger partial charge on any atom is -0.482 e. The molecule has 8 nitrogen and oxygen atoms in total. The highest BCUT2D eigenvalue weighted by atomic mass is 35.5. The lowest BCUT2D eigenvalue weighted by Crippen LogP contribution is -2.39. The number of nitrogens with two attached hydrogens (primary N) is 1. The van der Waals surface area contributed by atoms with Gasteiger partial charge in [0.2, 0.25) is 10.0 Å². The van der Waals surface area contributed by atoms with Crippen molar-refractivity contribution in [2.24, 2.45) is 5.14 Å². The number of amides is 1. The summed E-state index contributed by atoms with van der Waals surface area (Å²) in [6.07, 6.45) is 0.492. The number of sulfonamides is 1. The number of rotatable bonds is 4. The molecule has 0 unspecified atom stereocenters. The van der Waals surface area contributed by atoms with E-state index in [0.29, 0.717) is 28.6 Å². The lowest BCUT2D eigenvalue weighted by Gasteiger charge is -2.23. The Hall–Kier alpha value is -2.88. The van der Waals surface area contributed by atoms with E-state index in [0.717, 1.165) is 5.56 Å². The van der Waals surface area contributed by atoms with Crippen LogP contribution in [0.4, 0.5) is 5.69 Å². The van der Waals surface area contributed by atoms with Gasteiger partial charge in [0.25, 0.3) is 5.91 Å². The van der Waals surface area contributed by atoms with E-state index in [1.54, 1.807) is 24.0 Å². The first-order chi connectivity index (χ1) is 14.5. The predicted octanol–water partition coefficient (Wildman–Crippen LogP) is 2.76. The minimum atomic E-state index is -3.83. The van der Waals surface area contributed by atoms with Crippen molar-refractivity contribution in [2.45, 2.75) is 31.2 Å². The number of fused-ring (bicyclic) bond motifs is 2. The summed E-state index contributed by atoms with van der Waals surface area (Å²) < 4.78 is 34.0. The Kier molecular flexibility index (Phi) is 5.28. The van der Waals surface area contributed by atoms with E-state index in [1.165, 1.54) is 24.3 Å². The van der Waals surface area contributed by atoms with Gasteiger partial charge >= 0.3 is 5.63 Å². The fraction of sp³-hybridized carbons (Fsp3) is 0.238. The molecule has 3 aromatic rings. The smallest absolute Gasteiger partial charge is 0.336 e. The van der Waals surface area contributed by atoms with Crippen molar-refractivity contribution in [3.8, 4) is 5.75 Å². The Balaban J connectivity index is 1.57. The minimum absolute atomic E-state index is 0.00345. The zero-order valence-corrected chi connectivity index (χ0v) is 18.3. The Morgan fingerprint density at radius 3 is 2.74 bits per heavy atom. The van der Waals surface area contributed by atoms with Gasteiger partial charge in [-0.15, -0.1) is 0 Å². The molecule has 31 heavy (non-hydrogen) atoms. The largest absolute Gasteiger partial charge is 0.482 e. The molecule has 0 saturated carbocycles. The summed E-state index contributed by atoms with van der Waals surface area (Å²) in [4.78, 5) is 26.1. The number of primary sulfonamides is 1. The van der Waals surface area contributed by atoms with Gasteiger partial charge in [-0.3, -0.25) is 4.79 Å². The highest BCUT2D eigenvalue weighted by Gasteiger charge is 2.32. The molecule has 0 aliphatic carbocycles. The summed E-state index contributed by atoms with van der Waals surface area (Å²) in [6, 6.07) is 8.72. The fourth-order valence-electron chi connectivity index (χ4n) is 3.80. The van der Waals surface area contributed by atoms with Crippen LogP contribution in [0.25, 0.3) is 11.0 Å². The van der Waals surface area contributed by atoms with Crippen LogP contribution in [-0.4, -0.2) is 27.0 Å². The highest BCUT2D eigenvalue weighted by molar-refractivity contribution is 7.89. The van der Waals surface area contributed by atoms with Crippen molar-refractivity contribution in [3.05, 3.63) is 63.0 Å². The molecule has 0 radical (unpaired) electrons. The number of benzene rings is 2. The number of anilines is 1. The molecule has 2 aromatic carbocycles. The molecule has 1 amide bonds. The third-order valence-electron chi connectivity index (χ3n) is 5.22. The van der Waals surface area contributed by atoms with E-state index in [-0.39, 0.29) is 34.2 Å². The number of hydrogen-bond donors (Lipinski definition) is 1. The van der Waals surface area contributed by atoms with E-state index >= 15 is 0 Å². The maximum Gasteiger partial charge on any atom is 0.336 e. The summed E-state index contributed by atoms with van der Waals surface area (Å²) >= 11 is 6.29. The molecule has 2 N–H and O–H groups in total. The number of carbonyl (C=O) groups is 1. The standard InChI is InChI=1S/C21H19ClN2O6S/c1-11-5-21(26)30-18-9-19(16(22)8-15(11)18)29-10-20(25)24-12(2)6-13-7-14(31(23,27)28)3-4-17(13)24/h3-5,7-9,12H,6,10H2,1-2H3,(H2,23,27,28)/t12-/m0/s1. The Labute approximate surface area is 183 Å². The monoisotopic (exact) mass is 462 g/mol. The van der Waals surface area contributed by atoms with E-state index in [2.05, 4.69) is 0 Å². The summed E-state index contributed by atoms with van der Waals surface area (Å²) in [6.45, 7) is 3.32. The summed E-state index contributed by atoms with van der Waals surface area (Å²) in [7, 11) is -3.83. The van der Waals surface area contributed by atoms with Crippen molar-refractivity contribution < 1.29 is 22.4 Å². The Morgan fingerprint density at radius 1 is 1.29 bits per heavy atom. The fourth-order valence-corrected chi connectivity index (χ4v) is 4.59. The molecule has 0 saturated heterocycles. The summed E-state index contributed by atoms with van der Waals surface area (Å²) in [5.74, 6) is -0.107. The molecular formula is C21H19ClN2O6S. The normalized spacial score (nSPS) is 15.9. The van der Waals surface area contributed by atoms with Crippen LogP contribution in [0.15, 0.2) is 50.5 Å². The van der Waals surface area contributed by atoms with Crippen LogP contribution >= 0.6 is 11.6 Å². The Bertz CT molecular complexity index is 1380. The average molecular weight is 463 g/mol. The van der Waals surface area contributed by atoms with Crippen LogP contribution in [0.2, 0.25) is 5.02 Å². The molecule has 1 atom stereocenters. The van der Waals surface area contributed by atoms with Gasteiger partial charge in [-0.1, -0.05) is 11.6 Å². The molecule has 162 valence electrons. The van der Waals surface area contributed by atoms with Crippen molar-refractivity contribution in [1.82, 2.24) is 0 Å². The van der Waals surface area contributed by atoms with Gasteiger partial charge in [0, 0.05) is 29.2 Å². The third kappa shape index (κ3) is 4.04. The van der Waals surface area contributed by atoms with Gasteiger partial charge in [-0.2, -0.15) is 0 Å². The molecule has 1 aliphatic rings. The van der Waals surface area contributed by atoms with E-state index < -0.39 is 15.6 Å². The van der Waals surface area contributed by atoms with Crippen LogP contribution in [0, 0.1) is 6.92 Å². The van der Waals surface area contributed by atoms with Gasteiger partial charge in [0.15, 0.2) is 6.61 Å². The second-order valence-corrected chi connectivity index (χ2v) is 9.44. The number of nitrogens with zero attached hydrogens (tertiary/aromatic N) is 1. The first-order valence-electron chi connectivity index (χ1n) is 9.39. The number of hydrogen-bond acceptors (Lipinski definition) is 6. The van der Waals surface area contributed by atoms with Crippen LogP contribution in [-0.2, 0) is 21.2 Å². The van der Waals surface area contributed by atoms with Gasteiger partial charge < -0.3 is 14.1 Å². The van der Waals surface area contributed by atoms with Crippen LogP contribution in [0.5, 0.6) is 5.75 Å². The first-order valence-corrected chi connectivity index (χ1v) is 11.3. The second kappa shape index (κ2) is 7.67. The molecule has 2 heterocycles. The molecule has 0 spiro atoms. The first kappa shape index (κ1) is 21.4. The molecule has 0 fully saturated rings. The van der Waals surface area contributed by atoms with Gasteiger partial charge in [-0.05, 0) is 55.7 Å². The molecule has 10 heteroatoms. The van der Waals surface area contributed by atoms with Gasteiger partial charge in [-0.25, -0.2) is 18.4 Å². The summed E-state index contributed by atoms with van der Waals surface area (Å²) in [5.41, 5.74) is 1.87. The SMILES string of the molecule is Cc1cc(=O)oc2cc(OCC(=O)N3c4ccc(S(N)(=O)=O)cc4C[C@@H]3C)c(Cl)cc12. The molecule has 4 rings (SSSR count). The zero-order chi connectivity index (χ0) is 22.5. The topological polar surface area (TPSA) is 120 Å². The van der Waals surface area contributed by atoms with Crippen LogP contribution in [0.3, 0.4) is 0 Å². The quantitative estimate of drug-likeness (QED) is 0.595. The Morgan fingerprint density at radius 2 is 2.03 bits per heavy atom. The number of halogens is 1. The van der Waals surface area contributed by atoms with Crippen LogP contribution < -0.4 is 20.4 Å². The molecule has 1 aromatic heterocycles. The van der Waals surface area contributed by atoms with Crippen molar-refractivity contribution >= 4 is 44.2 Å². The van der Waals surface area contributed by atoms with Crippen molar-refractivity contribution in [3.63, 3.8) is 0 Å². The number of aryl methyl sites for hydroxylation is 1. The van der Waals surface area contributed by atoms with Gasteiger partial charge in [0.1, 0.15) is 11.3 Å². The number of carbonyl (C=O) groups excluding carboxylic acids is 1. The van der Waals surface area contributed by atoms with E-state index in [1.807, 2.05) is 6.92 Å². The number of ether oxygens (including phenoxy) is 1. The second-order valence-electron chi connectivity index (χ2n) is 7.47. The lowest BCUT2D eigenvalue weighted by molar-refractivity contribution is -0.120. The molecule has 0 bridgehead atoms. The van der Waals surface area contributed by atoms with Crippen molar-refractivity contribution in [2.75, 3.05) is 11.5 Å². The van der Waals surface area contributed by atoms with Crippen LogP contribution in [0.1, 0.15) is 18.1 Å². The highest BCUT2D eigenvalue weighted by Crippen LogP contribution is 2.35. The van der Waals surface area contributed by atoms with Gasteiger partial charge in [0.05, 0.1) is 9.92 Å². The maximum absolute atomic E-state index is 12.9. The summed E-state index contributed by atoms with van der Waals surface area (Å²) in [5, 5.41) is 6.16. The third-order valence-corrected chi connectivity index (χ3v) is 6.43. The maximum atomic E-state index is 12.9. The molecular weight excluding hydrogens is 444 g/mol. The van der Waals surface area contributed by atoms with E-state index in [4.69, 9.17) is 25.9 Å². The van der Waals surface area contributed by atoms with Crippen molar-refractivity contribution in [1.29, 1.82) is 0 Å². The lowest BCUT2D eigenvalue weighted by atomic mass is 10.1. The predicted molar refractivity (Wildman–Crippen MR) is 116 cm³/mol. The average Bonchev–Trinajstić information content (AvgIpc) is 3.01. The van der Waals surface area contributed by atoms with E-state index in [9.17, 15) is 18.0 Å². The molecule has 1 aliphatic heterocycles.